The van der Waals surface area contributed by atoms with E-state index in [0.717, 1.165) is 35.3 Å². The molecule has 0 bridgehead atoms. The predicted molar refractivity (Wildman–Crippen MR) is 103 cm³/mol. The van der Waals surface area contributed by atoms with Crippen molar-refractivity contribution in [1.29, 1.82) is 0 Å². The van der Waals surface area contributed by atoms with E-state index in [4.69, 9.17) is 0 Å². The Bertz CT molecular complexity index is 967. The lowest BCUT2D eigenvalue weighted by Gasteiger charge is -2.29. The van der Waals surface area contributed by atoms with Gasteiger partial charge in [0.25, 0.3) is 15.9 Å². The smallest absolute Gasteiger partial charge is 0.268 e. The third-order valence-corrected chi connectivity index (χ3v) is 8.43. The average molecular weight is 388 g/mol. The van der Waals surface area contributed by atoms with Crippen LogP contribution in [0.3, 0.4) is 0 Å². The molecule has 0 aromatic heterocycles. The van der Waals surface area contributed by atoms with Crippen LogP contribution in [0, 0.1) is 13.8 Å². The van der Waals surface area contributed by atoms with Crippen LogP contribution in [0.2, 0.25) is 0 Å². The Kier molecular flexibility index (Phi) is 4.35. The summed E-state index contributed by atoms with van der Waals surface area (Å²) in [6.07, 6.45) is 2.59. The van der Waals surface area contributed by atoms with Crippen LogP contribution >= 0.6 is 11.8 Å². The fourth-order valence-electron chi connectivity index (χ4n) is 3.77. The van der Waals surface area contributed by atoms with Gasteiger partial charge in [0.2, 0.25) is 0 Å². The summed E-state index contributed by atoms with van der Waals surface area (Å²) in [4.78, 5) is 14.4. The molecular weight excluding hydrogens is 366 g/mol. The van der Waals surface area contributed by atoms with Crippen LogP contribution < -0.4 is 0 Å². The van der Waals surface area contributed by atoms with Gasteiger partial charge in [0.15, 0.2) is 0 Å². The van der Waals surface area contributed by atoms with Crippen molar-refractivity contribution in [3.8, 4) is 0 Å². The highest BCUT2D eigenvalue weighted by Crippen LogP contribution is 2.44. The molecule has 0 spiro atoms. The molecule has 1 saturated carbocycles. The maximum absolute atomic E-state index is 13.4. The van der Waals surface area contributed by atoms with Crippen molar-refractivity contribution in [3.63, 3.8) is 0 Å². The van der Waals surface area contributed by atoms with Crippen LogP contribution in [0.25, 0.3) is 0 Å². The minimum atomic E-state index is -3.89. The van der Waals surface area contributed by atoms with Gasteiger partial charge in [-0.15, -0.1) is 11.8 Å². The van der Waals surface area contributed by atoms with Gasteiger partial charge in [0.1, 0.15) is 0 Å². The van der Waals surface area contributed by atoms with Crippen LogP contribution in [0.15, 0.2) is 52.3 Å². The largest absolute Gasteiger partial charge is 0.269 e. The molecule has 0 radical (unpaired) electrons. The van der Waals surface area contributed by atoms with Gasteiger partial charge < -0.3 is 0 Å². The summed E-state index contributed by atoms with van der Waals surface area (Å²) in [6.45, 7) is 3.83. The Balaban J connectivity index is 1.87. The number of thioether (sulfide) groups is 1. The fourth-order valence-corrected chi connectivity index (χ4v) is 6.92. The van der Waals surface area contributed by atoms with Crippen molar-refractivity contribution in [1.82, 2.24) is 4.31 Å². The Morgan fingerprint density at radius 3 is 2.42 bits per heavy atom. The second-order valence-corrected chi connectivity index (χ2v) is 10.2. The number of rotatable bonds is 2. The van der Waals surface area contributed by atoms with E-state index in [9.17, 15) is 13.2 Å². The summed E-state index contributed by atoms with van der Waals surface area (Å²) < 4.78 is 28.0. The molecule has 1 aliphatic carbocycles. The first-order valence-corrected chi connectivity index (χ1v) is 11.1. The van der Waals surface area contributed by atoms with E-state index in [1.54, 1.807) is 36.0 Å². The molecule has 4 nitrogen and oxygen atoms in total. The van der Waals surface area contributed by atoms with Gasteiger partial charge >= 0.3 is 0 Å². The summed E-state index contributed by atoms with van der Waals surface area (Å²) in [5, 5.41) is 0.114. The zero-order valence-corrected chi connectivity index (χ0v) is 16.4. The van der Waals surface area contributed by atoms with Crippen LogP contribution in [-0.2, 0) is 10.0 Å². The highest BCUT2D eigenvalue weighted by Gasteiger charge is 2.45. The lowest BCUT2D eigenvalue weighted by molar-refractivity contribution is 0.0824. The fraction of sp³-hybridized carbons (Fsp3) is 0.350. The molecule has 1 heterocycles. The number of amides is 1. The number of nitrogens with zero attached hydrogens (tertiary/aromatic N) is 1. The first-order chi connectivity index (χ1) is 12.4. The standard InChI is InChI=1S/C20H21NO3S2/c1-13-6-9-15(10-7-13)26(23,24)21-17-4-3-5-19(17)25-18-11-8-14(2)12-16(18)20(21)22/h6-12,17,19H,3-5H2,1-2H3/t17-,19-/m1/s1. The SMILES string of the molecule is Cc1ccc(S(=O)(=O)N2C(=O)c3cc(C)ccc3S[C@@H]3CCC[C@H]32)cc1. The van der Waals surface area contributed by atoms with Crippen LogP contribution in [0.1, 0.15) is 40.7 Å². The number of hydrogen-bond donors (Lipinski definition) is 0. The minimum absolute atomic E-state index is 0.114. The topological polar surface area (TPSA) is 54.5 Å². The summed E-state index contributed by atoms with van der Waals surface area (Å²) >= 11 is 1.65. The second kappa shape index (κ2) is 6.43. The average Bonchev–Trinajstić information content (AvgIpc) is 3.00. The molecule has 2 aromatic carbocycles. The first-order valence-electron chi connectivity index (χ1n) is 8.81. The second-order valence-electron chi connectivity index (χ2n) is 7.07. The number of carbonyl (C=O) groups excluding carboxylic acids is 1. The third kappa shape index (κ3) is 2.85. The number of sulfonamides is 1. The predicted octanol–water partition coefficient (Wildman–Crippen LogP) is 4.16. The Labute approximate surface area is 158 Å². The molecule has 2 aliphatic rings. The van der Waals surface area contributed by atoms with Crippen molar-refractivity contribution in [3.05, 3.63) is 59.2 Å². The minimum Gasteiger partial charge on any atom is -0.268 e. The molecular formula is C20H21NO3S2. The van der Waals surface area contributed by atoms with Crippen molar-refractivity contribution >= 4 is 27.7 Å². The van der Waals surface area contributed by atoms with Gasteiger partial charge in [-0.2, -0.15) is 0 Å². The Morgan fingerprint density at radius 2 is 1.69 bits per heavy atom. The molecule has 0 N–H and O–H groups in total. The van der Waals surface area contributed by atoms with E-state index in [1.807, 2.05) is 32.0 Å². The lowest BCUT2D eigenvalue weighted by atomic mass is 10.1. The molecule has 1 fully saturated rings. The van der Waals surface area contributed by atoms with Crippen molar-refractivity contribution < 1.29 is 13.2 Å². The molecule has 1 amide bonds. The van der Waals surface area contributed by atoms with Crippen LogP contribution in [-0.4, -0.2) is 29.9 Å². The maximum atomic E-state index is 13.4. The van der Waals surface area contributed by atoms with Gasteiger partial charge in [0, 0.05) is 10.1 Å². The van der Waals surface area contributed by atoms with Gasteiger partial charge in [-0.05, 0) is 51.0 Å². The molecule has 6 heteroatoms. The monoisotopic (exact) mass is 387 g/mol. The van der Waals surface area contributed by atoms with Crippen LogP contribution in [0.4, 0.5) is 0 Å². The van der Waals surface area contributed by atoms with E-state index in [1.165, 1.54) is 4.31 Å². The molecule has 26 heavy (non-hydrogen) atoms. The van der Waals surface area contributed by atoms with Gasteiger partial charge in [-0.3, -0.25) is 4.79 Å². The van der Waals surface area contributed by atoms with Gasteiger partial charge in [0.05, 0.1) is 16.5 Å². The quantitative estimate of drug-likeness (QED) is 0.776. The molecule has 2 aromatic rings. The number of carbonyl (C=O) groups is 1. The van der Waals surface area contributed by atoms with Gasteiger partial charge in [-0.25, -0.2) is 12.7 Å². The summed E-state index contributed by atoms with van der Waals surface area (Å²) in [5.74, 6) is -0.397. The molecule has 4 rings (SSSR count). The van der Waals surface area contributed by atoms with Crippen LogP contribution in [0.5, 0.6) is 0 Å². The summed E-state index contributed by atoms with van der Waals surface area (Å²) in [7, 11) is -3.89. The summed E-state index contributed by atoms with van der Waals surface area (Å²) in [6, 6.07) is 12.2. The summed E-state index contributed by atoms with van der Waals surface area (Å²) in [5.41, 5.74) is 2.44. The number of aryl methyl sites for hydroxylation is 2. The van der Waals surface area contributed by atoms with E-state index < -0.39 is 15.9 Å². The van der Waals surface area contributed by atoms with Crippen molar-refractivity contribution in [2.75, 3.05) is 0 Å². The normalized spacial score (nSPS) is 22.7. The van der Waals surface area contributed by atoms with E-state index in [-0.39, 0.29) is 16.2 Å². The zero-order valence-electron chi connectivity index (χ0n) is 14.8. The molecule has 2 atom stereocenters. The Morgan fingerprint density at radius 1 is 1.00 bits per heavy atom. The number of hydrogen-bond acceptors (Lipinski definition) is 4. The first kappa shape index (κ1) is 17.6. The molecule has 0 saturated heterocycles. The van der Waals surface area contributed by atoms with E-state index in [2.05, 4.69) is 0 Å². The zero-order chi connectivity index (χ0) is 18.5. The highest BCUT2D eigenvalue weighted by molar-refractivity contribution is 8.00. The van der Waals surface area contributed by atoms with E-state index in [0.29, 0.717) is 5.56 Å². The molecule has 1 aliphatic heterocycles. The lowest BCUT2D eigenvalue weighted by Crippen LogP contribution is -2.46. The maximum Gasteiger partial charge on any atom is 0.269 e. The van der Waals surface area contributed by atoms with E-state index >= 15 is 0 Å². The van der Waals surface area contributed by atoms with Crippen molar-refractivity contribution in [2.45, 2.75) is 54.2 Å². The van der Waals surface area contributed by atoms with Gasteiger partial charge in [-0.1, -0.05) is 35.7 Å². The third-order valence-electron chi connectivity index (χ3n) is 5.14. The molecule has 136 valence electrons. The Hall–Kier alpha value is -1.79. The molecule has 0 unspecified atom stereocenters. The van der Waals surface area contributed by atoms with Crippen molar-refractivity contribution in [2.24, 2.45) is 0 Å². The number of benzene rings is 2. The number of fused-ring (bicyclic) bond motifs is 2. The highest BCUT2D eigenvalue weighted by atomic mass is 32.2.